The Kier molecular flexibility index (Phi) is 6.71. The lowest BCUT2D eigenvalue weighted by atomic mass is 9.95. The van der Waals surface area contributed by atoms with E-state index in [4.69, 9.17) is 23.2 Å². The van der Waals surface area contributed by atoms with Gasteiger partial charge in [0.2, 0.25) is 5.91 Å². The van der Waals surface area contributed by atoms with Crippen molar-refractivity contribution in [3.63, 3.8) is 0 Å². The van der Waals surface area contributed by atoms with E-state index >= 15 is 0 Å². The molecule has 1 N–H and O–H groups in total. The number of hydrogen-bond acceptors (Lipinski definition) is 3. The molecule has 1 saturated carbocycles. The summed E-state index contributed by atoms with van der Waals surface area (Å²) in [5, 5.41) is 4.27. The summed E-state index contributed by atoms with van der Waals surface area (Å²) in [4.78, 5) is 31.7. The van der Waals surface area contributed by atoms with Crippen LogP contribution in [0.1, 0.15) is 46.1 Å². The van der Waals surface area contributed by atoms with Gasteiger partial charge in [-0.25, -0.2) is 0 Å². The number of rotatable bonds is 5. The van der Waals surface area contributed by atoms with Gasteiger partial charge in [-0.1, -0.05) is 77.3 Å². The van der Waals surface area contributed by atoms with Crippen LogP contribution < -0.4 is 10.2 Å². The highest BCUT2D eigenvalue weighted by atomic mass is 35.5. The van der Waals surface area contributed by atoms with Crippen molar-refractivity contribution in [1.29, 1.82) is 0 Å². The van der Waals surface area contributed by atoms with E-state index in [9.17, 15) is 9.59 Å². The Hall–Kier alpha value is -3.02. The van der Waals surface area contributed by atoms with E-state index in [0.717, 1.165) is 29.7 Å². The Labute approximate surface area is 228 Å². The average Bonchev–Trinajstić information content (AvgIpc) is 3.68. The molecule has 0 aromatic heterocycles. The van der Waals surface area contributed by atoms with Crippen molar-refractivity contribution in [3.05, 3.63) is 87.1 Å². The van der Waals surface area contributed by atoms with Crippen LogP contribution in [0.25, 0.3) is 6.08 Å². The van der Waals surface area contributed by atoms with E-state index in [-0.39, 0.29) is 17.7 Å². The van der Waals surface area contributed by atoms with E-state index in [1.54, 1.807) is 17.0 Å². The van der Waals surface area contributed by atoms with Crippen molar-refractivity contribution in [3.8, 4) is 0 Å². The normalized spacial score (nSPS) is 20.5. The lowest BCUT2D eigenvalue weighted by Crippen LogP contribution is -2.47. The van der Waals surface area contributed by atoms with E-state index in [1.165, 1.54) is 0 Å². The molecule has 0 radical (unpaired) electrons. The smallest absolute Gasteiger partial charge is 0.255 e. The van der Waals surface area contributed by atoms with E-state index in [2.05, 4.69) is 11.4 Å². The molecular weight excluding hydrogens is 505 g/mol. The van der Waals surface area contributed by atoms with Crippen LogP contribution in [0.15, 0.2) is 71.5 Å². The summed E-state index contributed by atoms with van der Waals surface area (Å²) in [5.74, 6) is -0.166. The topological polar surface area (TPSA) is 52.7 Å². The molecule has 2 aromatic rings. The van der Waals surface area contributed by atoms with Crippen LogP contribution in [-0.4, -0.2) is 34.8 Å². The second-order valence-electron chi connectivity index (χ2n) is 10.7. The molecule has 2 aliphatic heterocycles. The van der Waals surface area contributed by atoms with Gasteiger partial charge in [-0.3, -0.25) is 14.5 Å². The van der Waals surface area contributed by atoms with Crippen LogP contribution in [0.5, 0.6) is 0 Å². The predicted molar refractivity (Wildman–Crippen MR) is 152 cm³/mol. The predicted octanol–water partition coefficient (Wildman–Crippen LogP) is 7.09. The Morgan fingerprint density at radius 2 is 1.78 bits per heavy atom. The van der Waals surface area contributed by atoms with Crippen molar-refractivity contribution in [2.24, 2.45) is 5.92 Å². The number of benzene rings is 2. The maximum atomic E-state index is 14.2. The molecule has 1 fully saturated rings. The van der Waals surface area contributed by atoms with Crippen LogP contribution in [0.3, 0.4) is 0 Å². The summed E-state index contributed by atoms with van der Waals surface area (Å²) in [6.07, 6.45) is 7.67. The second kappa shape index (κ2) is 9.70. The number of halogens is 2. The fourth-order valence-corrected chi connectivity index (χ4v) is 5.35. The molecule has 1 unspecified atom stereocenters. The fraction of sp³-hybridized carbons (Fsp3) is 0.333. The lowest BCUT2D eigenvalue weighted by molar-refractivity contribution is -0.128. The zero-order chi connectivity index (χ0) is 26.5. The second-order valence-corrected chi connectivity index (χ2v) is 11.5. The number of amides is 2. The minimum Gasteiger partial charge on any atom is -0.355 e. The molecule has 2 aromatic carbocycles. The molecule has 7 heteroatoms. The lowest BCUT2D eigenvalue weighted by Gasteiger charge is -2.35. The third-order valence-corrected chi connectivity index (χ3v) is 8.00. The molecule has 2 amide bonds. The zero-order valence-corrected chi connectivity index (χ0v) is 23.0. The van der Waals surface area contributed by atoms with Gasteiger partial charge in [0.15, 0.2) is 0 Å². The molecular formula is C30H31Cl2N3O2. The van der Waals surface area contributed by atoms with Crippen LogP contribution in [0, 0.1) is 5.92 Å². The third kappa shape index (κ3) is 4.71. The largest absolute Gasteiger partial charge is 0.355 e. The molecule has 1 atom stereocenters. The van der Waals surface area contributed by atoms with Crippen LogP contribution in [0.2, 0.25) is 10.0 Å². The van der Waals surface area contributed by atoms with Gasteiger partial charge in [0, 0.05) is 12.5 Å². The fourth-order valence-electron chi connectivity index (χ4n) is 5.03. The maximum Gasteiger partial charge on any atom is 0.255 e. The van der Waals surface area contributed by atoms with Gasteiger partial charge >= 0.3 is 0 Å². The summed E-state index contributed by atoms with van der Waals surface area (Å²) < 4.78 is 0. The van der Waals surface area contributed by atoms with E-state index in [1.807, 2.05) is 75.1 Å². The van der Waals surface area contributed by atoms with Crippen LogP contribution in [-0.2, 0) is 9.59 Å². The van der Waals surface area contributed by atoms with Crippen molar-refractivity contribution in [1.82, 2.24) is 4.90 Å². The summed E-state index contributed by atoms with van der Waals surface area (Å²) in [6.45, 7) is 8.59. The van der Waals surface area contributed by atoms with Gasteiger partial charge in [0.1, 0.15) is 0 Å². The minimum atomic E-state index is -0.640. The van der Waals surface area contributed by atoms with Gasteiger partial charge in [0.25, 0.3) is 5.91 Å². The Balaban J connectivity index is 1.73. The van der Waals surface area contributed by atoms with Crippen molar-refractivity contribution < 1.29 is 9.59 Å². The Bertz CT molecular complexity index is 1350. The van der Waals surface area contributed by atoms with Crippen LogP contribution >= 0.6 is 23.2 Å². The Morgan fingerprint density at radius 1 is 1.11 bits per heavy atom. The summed E-state index contributed by atoms with van der Waals surface area (Å²) in [6, 6.07) is 12.8. The molecule has 2 heterocycles. The highest BCUT2D eigenvalue weighted by Gasteiger charge is 2.51. The monoisotopic (exact) mass is 535 g/mol. The van der Waals surface area contributed by atoms with Crippen molar-refractivity contribution in [2.75, 3.05) is 16.8 Å². The van der Waals surface area contributed by atoms with Gasteiger partial charge in [-0.15, -0.1) is 0 Å². The maximum absolute atomic E-state index is 14.2. The molecule has 5 rings (SSSR count). The standard InChI is InChI=1S/C30H31Cl2N3O2/c1-18(2)14-15-34-29(37)26-24(13-10-19-8-6-5-7-9-19)35(28(36)20-11-12-20)25-17-22(32)21(31)16-23(25)33-27(26)30(34,3)4/h5-10,13-14,16-17,20,24,33H,11-12,15H2,1-4H3/b13-10+. The van der Waals surface area contributed by atoms with E-state index in [0.29, 0.717) is 33.5 Å². The summed E-state index contributed by atoms with van der Waals surface area (Å²) in [7, 11) is 0. The van der Waals surface area contributed by atoms with Crippen LogP contribution in [0.4, 0.5) is 11.4 Å². The first-order chi connectivity index (χ1) is 17.6. The first-order valence-corrected chi connectivity index (χ1v) is 13.4. The number of hydrogen-bond donors (Lipinski definition) is 1. The zero-order valence-electron chi connectivity index (χ0n) is 21.5. The molecule has 3 aliphatic rings. The molecule has 0 bridgehead atoms. The SMILES string of the molecule is CC(C)=CCN1C(=O)C2=C(Nc3cc(Cl)c(Cl)cc3N(C(=O)C3CC3)C2/C=C/c2ccccc2)C1(C)C. The number of carbonyl (C=O) groups is 2. The Morgan fingerprint density at radius 3 is 2.43 bits per heavy atom. The first-order valence-electron chi connectivity index (χ1n) is 12.6. The molecule has 37 heavy (non-hydrogen) atoms. The molecule has 0 spiro atoms. The number of allylic oxidation sites excluding steroid dienone is 1. The number of nitrogens with zero attached hydrogens (tertiary/aromatic N) is 2. The van der Waals surface area contributed by atoms with E-state index < -0.39 is 11.6 Å². The first kappa shape index (κ1) is 25.6. The average molecular weight is 537 g/mol. The third-order valence-electron chi connectivity index (χ3n) is 7.28. The van der Waals surface area contributed by atoms with Crippen molar-refractivity contribution >= 4 is 52.5 Å². The van der Waals surface area contributed by atoms with Crippen molar-refractivity contribution in [2.45, 2.75) is 52.1 Å². The number of anilines is 2. The molecule has 0 saturated heterocycles. The molecule has 192 valence electrons. The van der Waals surface area contributed by atoms with Gasteiger partial charge < -0.3 is 10.2 Å². The number of nitrogens with one attached hydrogen (secondary N) is 1. The minimum absolute atomic E-state index is 0.00810. The quantitative estimate of drug-likeness (QED) is 0.416. The molecule has 1 aliphatic carbocycles. The molecule has 5 nitrogen and oxygen atoms in total. The highest BCUT2D eigenvalue weighted by molar-refractivity contribution is 6.42. The number of carbonyl (C=O) groups excluding carboxylic acids is 2. The van der Waals surface area contributed by atoms with Gasteiger partial charge in [-0.2, -0.15) is 0 Å². The number of fused-ring (bicyclic) bond motifs is 1. The summed E-state index contributed by atoms with van der Waals surface area (Å²) in [5.41, 5.74) is 4.11. The van der Waals surface area contributed by atoms with Gasteiger partial charge in [-0.05, 0) is 58.2 Å². The highest BCUT2D eigenvalue weighted by Crippen LogP contribution is 2.48. The summed E-state index contributed by atoms with van der Waals surface area (Å²) >= 11 is 12.9. The van der Waals surface area contributed by atoms with Gasteiger partial charge in [0.05, 0.1) is 44.3 Å².